The highest BCUT2D eigenvalue weighted by Crippen LogP contribution is 2.49. The Balaban J connectivity index is 0.860. The first-order valence-electron chi connectivity index (χ1n) is 18.9. The van der Waals surface area contributed by atoms with Crippen LogP contribution in [0.2, 0.25) is 0 Å². The summed E-state index contributed by atoms with van der Waals surface area (Å²) in [6.45, 7) is 7.42. The van der Waals surface area contributed by atoms with Crippen molar-refractivity contribution in [2.75, 3.05) is 36.4 Å². The van der Waals surface area contributed by atoms with Crippen molar-refractivity contribution in [3.63, 3.8) is 0 Å². The SMILES string of the molecule is CC(C)Nc1c(C(=O)N[C@H]2CC[C@H](CN3CCC(c4cccc5c(N6CCC(=O)NC6=O)cncc45)CC3)CC2)cnc2c1Oc1cc(C#N)ccc1O2. The van der Waals surface area contributed by atoms with E-state index in [4.69, 9.17) is 9.47 Å². The topological polar surface area (TPSA) is 162 Å². The molecule has 13 heteroatoms. The minimum atomic E-state index is -0.398. The van der Waals surface area contributed by atoms with E-state index in [9.17, 15) is 19.6 Å². The number of nitriles is 1. The molecule has 0 unspecified atom stereocenters. The maximum atomic E-state index is 13.7. The monoisotopic (exact) mass is 728 g/mol. The van der Waals surface area contributed by atoms with Crippen molar-refractivity contribution >= 4 is 40.0 Å². The van der Waals surface area contributed by atoms with Crippen LogP contribution in [0, 0.1) is 17.2 Å². The molecule has 4 amide bonds. The van der Waals surface area contributed by atoms with Gasteiger partial charge in [-0.3, -0.25) is 24.8 Å². The molecular weight excluding hydrogens is 685 g/mol. The van der Waals surface area contributed by atoms with Crippen LogP contribution in [0.5, 0.6) is 23.1 Å². The van der Waals surface area contributed by atoms with Gasteiger partial charge in [0.25, 0.3) is 11.8 Å². The predicted molar refractivity (Wildman–Crippen MR) is 203 cm³/mol. The minimum Gasteiger partial charge on any atom is -0.445 e. The van der Waals surface area contributed by atoms with Gasteiger partial charge in [0.15, 0.2) is 11.5 Å². The highest BCUT2D eigenvalue weighted by Gasteiger charge is 2.32. The molecule has 5 heterocycles. The Hall–Kier alpha value is -5.74. The summed E-state index contributed by atoms with van der Waals surface area (Å²) in [5.74, 6) is 1.99. The number of piperidine rings is 1. The largest absolute Gasteiger partial charge is 0.445 e. The number of imide groups is 1. The molecule has 3 aliphatic heterocycles. The number of benzene rings is 2. The molecule has 2 saturated heterocycles. The Bertz CT molecular complexity index is 2150. The van der Waals surface area contributed by atoms with Crippen molar-refractivity contribution in [2.24, 2.45) is 5.92 Å². The van der Waals surface area contributed by atoms with Gasteiger partial charge in [0, 0.05) is 60.8 Å². The van der Waals surface area contributed by atoms with Crippen molar-refractivity contribution in [1.82, 2.24) is 25.5 Å². The highest BCUT2D eigenvalue weighted by molar-refractivity contribution is 6.10. The third kappa shape index (κ3) is 7.13. The number of hydrogen-bond acceptors (Lipinski definition) is 10. The van der Waals surface area contributed by atoms with E-state index in [1.54, 1.807) is 29.3 Å². The van der Waals surface area contributed by atoms with Crippen LogP contribution in [0.25, 0.3) is 10.8 Å². The molecule has 2 aromatic carbocycles. The number of urea groups is 1. The fraction of sp³-hybridized carbons (Fsp3) is 0.415. The van der Waals surface area contributed by atoms with Crippen molar-refractivity contribution in [3.05, 3.63) is 71.7 Å². The second kappa shape index (κ2) is 14.9. The molecule has 13 nitrogen and oxygen atoms in total. The third-order valence-electron chi connectivity index (χ3n) is 11.1. The Kier molecular flexibility index (Phi) is 9.77. The Labute approximate surface area is 314 Å². The normalized spacial score (nSPS) is 20.3. The number of nitrogens with zero attached hydrogens (tertiary/aromatic N) is 5. The summed E-state index contributed by atoms with van der Waals surface area (Å²) in [7, 11) is 0. The van der Waals surface area contributed by atoms with Gasteiger partial charge in [-0.2, -0.15) is 5.26 Å². The van der Waals surface area contributed by atoms with Gasteiger partial charge in [-0.05, 0) is 95.0 Å². The van der Waals surface area contributed by atoms with Crippen LogP contribution in [-0.4, -0.2) is 71.0 Å². The summed E-state index contributed by atoms with van der Waals surface area (Å²) < 4.78 is 12.2. The van der Waals surface area contributed by atoms with E-state index < -0.39 is 6.03 Å². The van der Waals surface area contributed by atoms with Gasteiger partial charge in [-0.1, -0.05) is 18.2 Å². The number of nitrogens with one attached hydrogen (secondary N) is 3. The Morgan fingerprint density at radius 1 is 0.981 bits per heavy atom. The van der Waals surface area contributed by atoms with E-state index in [2.05, 4.69) is 49.0 Å². The van der Waals surface area contributed by atoms with Gasteiger partial charge in [0.05, 0.1) is 34.8 Å². The Morgan fingerprint density at radius 2 is 1.80 bits per heavy atom. The molecule has 3 N–H and O–H groups in total. The van der Waals surface area contributed by atoms with Gasteiger partial charge in [-0.15, -0.1) is 0 Å². The number of aromatic nitrogens is 2. The molecule has 4 aliphatic rings. The molecule has 0 bridgehead atoms. The number of ether oxygens (including phenoxy) is 2. The average molecular weight is 729 g/mol. The molecule has 1 aliphatic carbocycles. The van der Waals surface area contributed by atoms with Crippen molar-refractivity contribution in [1.29, 1.82) is 5.26 Å². The fourth-order valence-corrected chi connectivity index (χ4v) is 8.31. The van der Waals surface area contributed by atoms with E-state index in [1.165, 1.54) is 11.8 Å². The molecular formula is C41H44N8O5. The molecule has 1 saturated carbocycles. The van der Waals surface area contributed by atoms with E-state index in [-0.39, 0.29) is 36.2 Å². The lowest BCUT2D eigenvalue weighted by molar-refractivity contribution is -0.120. The summed E-state index contributed by atoms with van der Waals surface area (Å²) in [5, 5.41) is 20.5. The lowest BCUT2D eigenvalue weighted by Crippen LogP contribution is -2.49. The van der Waals surface area contributed by atoms with Crippen molar-refractivity contribution in [2.45, 2.75) is 76.8 Å². The first-order valence-corrected chi connectivity index (χ1v) is 18.9. The number of carbonyl (C=O) groups is 3. The highest BCUT2D eigenvalue weighted by atomic mass is 16.6. The molecule has 0 spiro atoms. The molecule has 4 aromatic rings. The van der Waals surface area contributed by atoms with Crippen LogP contribution in [0.4, 0.5) is 16.2 Å². The standard InChI is InChI=1S/C41H44N8O5/c1-24(2)45-37-32(21-44-40-38(37)53-35-18-26(19-42)8-11-34(35)54-40)39(51)46-28-9-6-25(7-10-28)23-48-15-12-27(13-16-48)29-4-3-5-30-31(29)20-43-22-33(30)49-17-14-36(50)47-41(49)52/h3-5,8,11,18,20-22,24-25,27-28H,6-7,9-10,12-17,23H2,1-2H3,(H,44,45)(H,46,51)(H,47,50,52)/t25-,28-. The van der Waals surface area contributed by atoms with Crippen LogP contribution in [0.15, 0.2) is 55.0 Å². The van der Waals surface area contributed by atoms with Crippen LogP contribution >= 0.6 is 0 Å². The van der Waals surface area contributed by atoms with Gasteiger partial charge < -0.3 is 25.0 Å². The van der Waals surface area contributed by atoms with Crippen LogP contribution in [-0.2, 0) is 4.79 Å². The number of rotatable bonds is 8. The number of pyridine rings is 2. The zero-order chi connectivity index (χ0) is 37.3. The number of hydrogen-bond donors (Lipinski definition) is 3. The molecule has 2 aromatic heterocycles. The van der Waals surface area contributed by atoms with Gasteiger partial charge in [0.2, 0.25) is 11.7 Å². The zero-order valence-corrected chi connectivity index (χ0v) is 30.6. The number of fused-ring (bicyclic) bond motifs is 3. The quantitative estimate of drug-likeness (QED) is 0.154. The second-order valence-corrected chi connectivity index (χ2v) is 15.1. The molecule has 3 fully saturated rings. The van der Waals surface area contributed by atoms with Gasteiger partial charge in [0.1, 0.15) is 0 Å². The van der Waals surface area contributed by atoms with Crippen LogP contribution < -0.4 is 30.3 Å². The van der Waals surface area contributed by atoms with Gasteiger partial charge >= 0.3 is 6.03 Å². The summed E-state index contributed by atoms with van der Waals surface area (Å²) >= 11 is 0. The fourth-order valence-electron chi connectivity index (χ4n) is 8.31. The Morgan fingerprint density at radius 3 is 2.56 bits per heavy atom. The summed E-state index contributed by atoms with van der Waals surface area (Å²) in [4.78, 5) is 51.2. The lowest BCUT2D eigenvalue weighted by atomic mass is 9.83. The third-order valence-corrected chi connectivity index (χ3v) is 11.1. The summed E-state index contributed by atoms with van der Waals surface area (Å²) in [6, 6.07) is 13.1. The summed E-state index contributed by atoms with van der Waals surface area (Å²) in [6.07, 6.45) is 11.5. The number of anilines is 2. The lowest BCUT2D eigenvalue weighted by Gasteiger charge is -2.37. The first kappa shape index (κ1) is 35.3. The molecule has 0 radical (unpaired) electrons. The molecule has 278 valence electrons. The van der Waals surface area contributed by atoms with E-state index in [0.29, 0.717) is 52.4 Å². The predicted octanol–water partition coefficient (Wildman–Crippen LogP) is 6.83. The summed E-state index contributed by atoms with van der Waals surface area (Å²) in [5.41, 5.74) is 3.36. The minimum absolute atomic E-state index is 0.0130. The van der Waals surface area contributed by atoms with E-state index >= 15 is 0 Å². The van der Waals surface area contributed by atoms with E-state index in [1.807, 2.05) is 26.1 Å². The van der Waals surface area contributed by atoms with Crippen molar-refractivity contribution in [3.8, 4) is 29.2 Å². The average Bonchev–Trinajstić information content (AvgIpc) is 3.17. The van der Waals surface area contributed by atoms with Crippen LogP contribution in [0.1, 0.15) is 86.2 Å². The van der Waals surface area contributed by atoms with Crippen LogP contribution in [0.3, 0.4) is 0 Å². The van der Waals surface area contributed by atoms with E-state index in [0.717, 1.165) is 74.6 Å². The molecule has 8 rings (SSSR count). The first-order chi connectivity index (χ1) is 26.2. The number of carbonyl (C=O) groups excluding carboxylic acids is 3. The zero-order valence-electron chi connectivity index (χ0n) is 30.6. The van der Waals surface area contributed by atoms with Crippen molar-refractivity contribution < 1.29 is 23.9 Å². The van der Waals surface area contributed by atoms with Gasteiger partial charge in [-0.25, -0.2) is 9.78 Å². The molecule has 0 atom stereocenters. The number of likely N-dealkylation sites (tertiary alicyclic amines) is 1. The maximum absolute atomic E-state index is 13.7. The maximum Gasteiger partial charge on any atom is 0.328 e. The molecule has 54 heavy (non-hydrogen) atoms. The smallest absolute Gasteiger partial charge is 0.328 e. The number of amides is 4. The second-order valence-electron chi connectivity index (χ2n) is 15.1.